The first-order chi connectivity index (χ1) is 12.0. The van der Waals surface area contributed by atoms with Gasteiger partial charge >= 0.3 is 5.97 Å². The molecular formula is C19H15ClFNO3. The van der Waals surface area contributed by atoms with Crippen molar-refractivity contribution in [3.8, 4) is 0 Å². The molecule has 0 radical (unpaired) electrons. The Labute approximate surface area is 148 Å². The highest BCUT2D eigenvalue weighted by atomic mass is 35.5. The number of fused-ring (bicyclic) bond motifs is 1. The Bertz CT molecular complexity index is 996. The van der Waals surface area contributed by atoms with E-state index in [9.17, 15) is 14.0 Å². The van der Waals surface area contributed by atoms with E-state index in [-0.39, 0.29) is 17.6 Å². The molecular weight excluding hydrogens is 345 g/mol. The highest BCUT2D eigenvalue weighted by Crippen LogP contribution is 2.17. The standard InChI is InChI=1S/C19H15ClFNO3/c1-2-25-19(24)16-11-22(10-12-3-5-13(20)6-4-12)17-8-7-14(21)9-15(17)18(16)23/h3-9,11H,2,10H2,1H3. The third kappa shape index (κ3) is 3.56. The minimum absolute atomic E-state index is 0.117. The Morgan fingerprint density at radius 1 is 1.20 bits per heavy atom. The lowest BCUT2D eigenvalue weighted by molar-refractivity contribution is 0.0524. The van der Waals surface area contributed by atoms with Crippen LogP contribution in [0, 0.1) is 5.82 Å². The third-order valence-corrected chi connectivity index (χ3v) is 4.06. The first-order valence-corrected chi connectivity index (χ1v) is 8.11. The smallest absolute Gasteiger partial charge is 0.343 e. The fourth-order valence-corrected chi connectivity index (χ4v) is 2.77. The molecule has 4 nitrogen and oxygen atoms in total. The maximum atomic E-state index is 13.6. The largest absolute Gasteiger partial charge is 0.462 e. The van der Waals surface area contributed by atoms with Gasteiger partial charge in [0.25, 0.3) is 0 Å². The third-order valence-electron chi connectivity index (χ3n) is 3.80. The van der Waals surface area contributed by atoms with Crippen molar-refractivity contribution in [1.29, 1.82) is 0 Å². The van der Waals surface area contributed by atoms with Crippen molar-refractivity contribution in [2.45, 2.75) is 13.5 Å². The molecule has 0 bridgehead atoms. The van der Waals surface area contributed by atoms with E-state index in [4.69, 9.17) is 16.3 Å². The maximum absolute atomic E-state index is 13.6. The van der Waals surface area contributed by atoms with Gasteiger partial charge in [0.1, 0.15) is 11.4 Å². The quantitative estimate of drug-likeness (QED) is 0.661. The molecule has 0 N–H and O–H groups in total. The van der Waals surface area contributed by atoms with Crippen LogP contribution in [-0.4, -0.2) is 17.1 Å². The van der Waals surface area contributed by atoms with Crippen LogP contribution in [0.15, 0.2) is 53.5 Å². The van der Waals surface area contributed by atoms with Crippen LogP contribution in [0.2, 0.25) is 5.02 Å². The minimum Gasteiger partial charge on any atom is -0.462 e. The summed E-state index contributed by atoms with van der Waals surface area (Å²) in [6.45, 7) is 2.20. The summed E-state index contributed by atoms with van der Waals surface area (Å²) in [5, 5.41) is 0.752. The SMILES string of the molecule is CCOC(=O)c1cn(Cc2ccc(Cl)cc2)c2ccc(F)cc2c1=O. The molecule has 6 heteroatoms. The first-order valence-electron chi connectivity index (χ1n) is 7.74. The molecule has 0 aliphatic rings. The number of nitrogens with zero attached hydrogens (tertiary/aromatic N) is 1. The predicted octanol–water partition coefficient (Wildman–Crippen LogP) is 4.02. The molecule has 3 aromatic rings. The average molecular weight is 360 g/mol. The van der Waals surface area contributed by atoms with Crippen molar-refractivity contribution in [2.24, 2.45) is 0 Å². The number of hydrogen-bond acceptors (Lipinski definition) is 3. The fourth-order valence-electron chi connectivity index (χ4n) is 2.64. The monoisotopic (exact) mass is 359 g/mol. The van der Waals surface area contributed by atoms with Gasteiger partial charge in [0.15, 0.2) is 0 Å². The van der Waals surface area contributed by atoms with Crippen LogP contribution in [0.25, 0.3) is 10.9 Å². The lowest BCUT2D eigenvalue weighted by atomic mass is 10.1. The summed E-state index contributed by atoms with van der Waals surface area (Å²) >= 11 is 5.90. The number of halogens is 2. The van der Waals surface area contributed by atoms with E-state index in [0.29, 0.717) is 17.1 Å². The van der Waals surface area contributed by atoms with Crippen molar-refractivity contribution in [3.63, 3.8) is 0 Å². The van der Waals surface area contributed by atoms with Gasteiger partial charge in [-0.2, -0.15) is 0 Å². The van der Waals surface area contributed by atoms with Gasteiger partial charge in [0.2, 0.25) is 5.43 Å². The molecule has 128 valence electrons. The average Bonchev–Trinajstić information content (AvgIpc) is 2.59. The van der Waals surface area contributed by atoms with E-state index in [1.807, 2.05) is 12.1 Å². The number of benzene rings is 2. The number of aromatic nitrogens is 1. The van der Waals surface area contributed by atoms with Gasteiger partial charge in [0.05, 0.1) is 12.1 Å². The van der Waals surface area contributed by atoms with E-state index in [2.05, 4.69) is 0 Å². The lowest BCUT2D eigenvalue weighted by Gasteiger charge is -2.13. The second-order valence-corrected chi connectivity index (χ2v) is 5.94. The molecule has 0 aliphatic carbocycles. The van der Waals surface area contributed by atoms with E-state index >= 15 is 0 Å². The molecule has 0 saturated carbocycles. The zero-order valence-electron chi connectivity index (χ0n) is 13.5. The van der Waals surface area contributed by atoms with E-state index < -0.39 is 17.2 Å². The van der Waals surface area contributed by atoms with Crippen LogP contribution in [0.5, 0.6) is 0 Å². The highest BCUT2D eigenvalue weighted by Gasteiger charge is 2.17. The number of carbonyl (C=O) groups is 1. The molecule has 0 atom stereocenters. The lowest BCUT2D eigenvalue weighted by Crippen LogP contribution is -2.21. The zero-order valence-corrected chi connectivity index (χ0v) is 14.2. The molecule has 3 rings (SSSR count). The molecule has 0 saturated heterocycles. The van der Waals surface area contributed by atoms with Crippen LogP contribution >= 0.6 is 11.6 Å². The second kappa shape index (κ2) is 7.07. The van der Waals surface area contributed by atoms with Crippen molar-refractivity contribution >= 4 is 28.5 Å². The van der Waals surface area contributed by atoms with E-state index in [1.165, 1.54) is 18.3 Å². The summed E-state index contributed by atoms with van der Waals surface area (Å²) in [4.78, 5) is 24.6. The predicted molar refractivity (Wildman–Crippen MR) is 94.7 cm³/mol. The van der Waals surface area contributed by atoms with Crippen LogP contribution in [0.4, 0.5) is 4.39 Å². The van der Waals surface area contributed by atoms with Crippen LogP contribution < -0.4 is 5.43 Å². The Morgan fingerprint density at radius 3 is 2.60 bits per heavy atom. The topological polar surface area (TPSA) is 48.3 Å². The molecule has 0 spiro atoms. The van der Waals surface area contributed by atoms with Crippen molar-refractivity contribution < 1.29 is 13.9 Å². The second-order valence-electron chi connectivity index (χ2n) is 5.51. The van der Waals surface area contributed by atoms with Gasteiger partial charge in [-0.1, -0.05) is 23.7 Å². The van der Waals surface area contributed by atoms with Crippen LogP contribution in [0.1, 0.15) is 22.8 Å². The van der Waals surface area contributed by atoms with Gasteiger partial charge in [-0.05, 0) is 42.8 Å². The molecule has 1 aromatic heterocycles. The maximum Gasteiger partial charge on any atom is 0.343 e. The normalized spacial score (nSPS) is 10.8. The number of rotatable bonds is 4. The molecule has 2 aromatic carbocycles. The van der Waals surface area contributed by atoms with Gasteiger partial charge in [-0.3, -0.25) is 4.79 Å². The van der Waals surface area contributed by atoms with Crippen molar-refractivity contribution in [3.05, 3.63) is 80.9 Å². The summed E-state index contributed by atoms with van der Waals surface area (Å²) in [6, 6.07) is 11.2. The zero-order chi connectivity index (χ0) is 18.0. The van der Waals surface area contributed by atoms with Crippen LogP contribution in [0.3, 0.4) is 0 Å². The fraction of sp³-hybridized carbons (Fsp3) is 0.158. The van der Waals surface area contributed by atoms with Gasteiger partial charge < -0.3 is 9.30 Å². The van der Waals surface area contributed by atoms with Gasteiger partial charge in [-0.15, -0.1) is 0 Å². The molecule has 0 fully saturated rings. The van der Waals surface area contributed by atoms with E-state index in [0.717, 1.165) is 11.6 Å². The Balaban J connectivity index is 2.18. The summed E-state index contributed by atoms with van der Waals surface area (Å²) in [7, 11) is 0. The van der Waals surface area contributed by atoms with Crippen molar-refractivity contribution in [1.82, 2.24) is 4.57 Å². The van der Waals surface area contributed by atoms with Crippen LogP contribution in [-0.2, 0) is 11.3 Å². The number of carbonyl (C=O) groups excluding carboxylic acids is 1. The number of ether oxygens (including phenoxy) is 1. The summed E-state index contributed by atoms with van der Waals surface area (Å²) in [5.41, 5.74) is 0.803. The molecule has 0 unspecified atom stereocenters. The molecule has 0 amide bonds. The summed E-state index contributed by atoms with van der Waals surface area (Å²) in [6.07, 6.45) is 1.45. The summed E-state index contributed by atoms with van der Waals surface area (Å²) < 4.78 is 20.3. The van der Waals surface area contributed by atoms with Gasteiger partial charge in [0, 0.05) is 23.2 Å². The van der Waals surface area contributed by atoms with Crippen molar-refractivity contribution in [2.75, 3.05) is 6.61 Å². The number of pyridine rings is 1. The number of esters is 1. The molecule has 0 aliphatic heterocycles. The minimum atomic E-state index is -0.719. The first kappa shape index (κ1) is 17.2. The Hall–Kier alpha value is -2.66. The Kier molecular flexibility index (Phi) is 4.86. The Morgan fingerprint density at radius 2 is 1.92 bits per heavy atom. The highest BCUT2D eigenvalue weighted by molar-refractivity contribution is 6.30. The summed E-state index contributed by atoms with van der Waals surface area (Å²) in [5.74, 6) is -1.26. The van der Waals surface area contributed by atoms with E-state index in [1.54, 1.807) is 23.6 Å². The molecule has 25 heavy (non-hydrogen) atoms. The van der Waals surface area contributed by atoms with Gasteiger partial charge in [-0.25, -0.2) is 9.18 Å². The molecule has 1 heterocycles. The number of hydrogen-bond donors (Lipinski definition) is 0.